The maximum Gasteiger partial charge on any atom is 0.247 e. The number of nitrogens with zero attached hydrogens (tertiary/aromatic N) is 2. The number of hydrogen-bond donors (Lipinski definition) is 2. The van der Waals surface area contributed by atoms with Crippen molar-refractivity contribution in [3.8, 4) is 11.1 Å². The monoisotopic (exact) mass is 308 g/mol. The van der Waals surface area contributed by atoms with Gasteiger partial charge in [0.05, 0.1) is 5.52 Å². The van der Waals surface area contributed by atoms with E-state index in [2.05, 4.69) is 27.2 Å². The molecule has 3 rings (SSSR count). The van der Waals surface area contributed by atoms with Gasteiger partial charge in [0, 0.05) is 21.0 Å². The molecule has 0 aliphatic rings. The van der Waals surface area contributed by atoms with E-state index in [0.29, 0.717) is 0 Å². The minimum Gasteiger partial charge on any atom is -0.373 e. The van der Waals surface area contributed by atoms with E-state index >= 15 is 0 Å². The maximum absolute atomic E-state index is 11.4. The molecule has 0 aliphatic carbocycles. The Morgan fingerprint density at radius 3 is 2.78 bits per heavy atom. The number of fused-ring (bicyclic) bond motifs is 1. The van der Waals surface area contributed by atoms with Crippen LogP contribution in [0.3, 0.4) is 0 Å². The number of rotatable bonds is 4. The van der Waals surface area contributed by atoms with Crippen molar-refractivity contribution < 1.29 is 7.65 Å². The van der Waals surface area contributed by atoms with Crippen LogP contribution in [0.4, 0.5) is 11.5 Å². The summed E-state index contributed by atoms with van der Waals surface area (Å²) in [5.74, 6) is 0.570. The van der Waals surface area contributed by atoms with Gasteiger partial charge in [0.2, 0.25) is 5.91 Å². The molecule has 1 aromatic heterocycles. The minimum atomic E-state index is -0.230. The molecule has 118 valence electrons. The van der Waals surface area contributed by atoms with Crippen LogP contribution in [-0.2, 0) is 4.79 Å². The molecule has 5 heteroatoms. The third-order valence-electron chi connectivity index (χ3n) is 3.52. The van der Waals surface area contributed by atoms with Gasteiger partial charge in [-0.15, -0.1) is 0 Å². The Hall–Kier alpha value is -3.21. The van der Waals surface area contributed by atoms with Crippen molar-refractivity contribution in [1.29, 1.82) is 0 Å². The van der Waals surface area contributed by atoms with Crippen molar-refractivity contribution in [1.82, 2.24) is 9.97 Å². The molecule has 3 aromatic rings. The normalized spacial score (nSPS) is 10.3. The summed E-state index contributed by atoms with van der Waals surface area (Å²) < 4.78 is 0. The second-order valence-corrected chi connectivity index (χ2v) is 4.98. The molecule has 0 saturated heterocycles. The van der Waals surface area contributed by atoms with Crippen molar-refractivity contribution >= 4 is 28.3 Å². The van der Waals surface area contributed by atoms with E-state index in [9.17, 15) is 4.79 Å². The molecule has 0 atom stereocenters. The molecule has 2 N–H and O–H groups in total. The molecule has 5 nitrogen and oxygen atoms in total. The SMILES string of the molecule is C=CC(=O)Nc1cccc(-c2ccc3c(NC)ncnc3c2)c1.[HH].[HH]. The van der Waals surface area contributed by atoms with Crippen LogP contribution in [0.2, 0.25) is 0 Å². The van der Waals surface area contributed by atoms with Crippen molar-refractivity contribution in [2.45, 2.75) is 0 Å². The Balaban J connectivity index is 0.00000156. The molecular formula is C18H20N4O. The van der Waals surface area contributed by atoms with Gasteiger partial charge in [-0.2, -0.15) is 0 Å². The number of aromatic nitrogens is 2. The predicted molar refractivity (Wildman–Crippen MR) is 97.6 cm³/mol. The molecule has 0 saturated carbocycles. The third kappa shape index (κ3) is 3.03. The van der Waals surface area contributed by atoms with E-state index in [0.717, 1.165) is 33.5 Å². The standard InChI is InChI=1S/C18H16N4O.2H2/c1-3-17(23)22-14-6-4-5-12(9-14)13-7-8-15-16(10-13)20-11-21-18(15)19-2;;/h3-11H,1H2,2H3,(H,22,23)(H,19,20,21);2*1H. The number of carbonyl (C=O) groups excluding carboxylic acids is 1. The van der Waals surface area contributed by atoms with E-state index in [1.165, 1.54) is 6.08 Å². The number of nitrogens with one attached hydrogen (secondary N) is 2. The Morgan fingerprint density at radius 1 is 1.17 bits per heavy atom. The lowest BCUT2D eigenvalue weighted by molar-refractivity contribution is -0.111. The van der Waals surface area contributed by atoms with Gasteiger partial charge in [-0.3, -0.25) is 4.79 Å². The van der Waals surface area contributed by atoms with Crippen LogP contribution < -0.4 is 10.6 Å². The first-order valence-electron chi connectivity index (χ1n) is 7.17. The Morgan fingerprint density at radius 2 is 2.00 bits per heavy atom. The first kappa shape index (κ1) is 14.7. The van der Waals surface area contributed by atoms with Gasteiger partial charge in [-0.25, -0.2) is 9.97 Å². The molecule has 0 unspecified atom stereocenters. The van der Waals surface area contributed by atoms with Crippen LogP contribution in [0.1, 0.15) is 2.85 Å². The molecule has 1 heterocycles. The highest BCUT2D eigenvalue weighted by molar-refractivity contribution is 5.99. The second-order valence-electron chi connectivity index (χ2n) is 4.98. The van der Waals surface area contributed by atoms with Gasteiger partial charge >= 0.3 is 0 Å². The first-order chi connectivity index (χ1) is 11.2. The molecule has 23 heavy (non-hydrogen) atoms. The molecule has 0 aliphatic heterocycles. The van der Waals surface area contributed by atoms with Crippen molar-refractivity contribution in [3.63, 3.8) is 0 Å². The quantitative estimate of drug-likeness (QED) is 0.716. The number of hydrogen-bond acceptors (Lipinski definition) is 4. The zero-order chi connectivity index (χ0) is 16.2. The van der Waals surface area contributed by atoms with E-state index in [1.54, 1.807) is 6.33 Å². The number of anilines is 2. The smallest absolute Gasteiger partial charge is 0.247 e. The van der Waals surface area contributed by atoms with E-state index in [1.807, 2.05) is 49.5 Å². The first-order valence-corrected chi connectivity index (χ1v) is 7.17. The fourth-order valence-electron chi connectivity index (χ4n) is 2.41. The van der Waals surface area contributed by atoms with Gasteiger partial charge in [0.25, 0.3) is 0 Å². The molecule has 0 bridgehead atoms. The van der Waals surface area contributed by atoms with Gasteiger partial charge in [0.15, 0.2) is 0 Å². The summed E-state index contributed by atoms with van der Waals surface area (Å²) in [6.07, 6.45) is 2.79. The van der Waals surface area contributed by atoms with Crippen LogP contribution in [0.15, 0.2) is 61.4 Å². The van der Waals surface area contributed by atoms with Gasteiger partial charge in [-0.1, -0.05) is 24.8 Å². The van der Waals surface area contributed by atoms with E-state index in [-0.39, 0.29) is 8.76 Å². The topological polar surface area (TPSA) is 66.9 Å². The van der Waals surface area contributed by atoms with Gasteiger partial charge in [-0.05, 0) is 41.5 Å². The summed E-state index contributed by atoms with van der Waals surface area (Å²) in [6.45, 7) is 3.46. The summed E-state index contributed by atoms with van der Waals surface area (Å²) in [7, 11) is 1.83. The highest BCUT2D eigenvalue weighted by Crippen LogP contribution is 2.27. The van der Waals surface area contributed by atoms with Crippen LogP contribution >= 0.6 is 0 Å². The lowest BCUT2D eigenvalue weighted by Crippen LogP contribution is -2.06. The number of amides is 1. The third-order valence-corrected chi connectivity index (χ3v) is 3.52. The summed E-state index contributed by atoms with van der Waals surface area (Å²) in [6, 6.07) is 13.7. The molecule has 2 aromatic carbocycles. The van der Waals surface area contributed by atoms with Crippen LogP contribution in [0.5, 0.6) is 0 Å². The van der Waals surface area contributed by atoms with Crippen LogP contribution in [0, 0.1) is 0 Å². The Bertz CT molecular complexity index is 899. The van der Waals surface area contributed by atoms with Crippen LogP contribution in [-0.4, -0.2) is 22.9 Å². The van der Waals surface area contributed by atoms with Crippen molar-refractivity contribution in [3.05, 3.63) is 61.4 Å². The fraction of sp³-hybridized carbons (Fsp3) is 0.0556. The number of carbonyl (C=O) groups is 1. The molecule has 1 amide bonds. The summed E-state index contributed by atoms with van der Waals surface area (Å²) in [5.41, 5.74) is 3.61. The van der Waals surface area contributed by atoms with Crippen LogP contribution in [0.25, 0.3) is 22.0 Å². The fourth-order valence-corrected chi connectivity index (χ4v) is 2.41. The summed E-state index contributed by atoms with van der Waals surface area (Å²) in [4.78, 5) is 20.0. The predicted octanol–water partition coefficient (Wildman–Crippen LogP) is 3.96. The van der Waals surface area contributed by atoms with Crippen molar-refractivity contribution in [2.75, 3.05) is 17.7 Å². The van der Waals surface area contributed by atoms with E-state index < -0.39 is 0 Å². The average Bonchev–Trinajstić information content (AvgIpc) is 2.60. The van der Waals surface area contributed by atoms with Gasteiger partial charge in [0.1, 0.15) is 12.1 Å². The Kier molecular flexibility index (Phi) is 4.01. The number of benzene rings is 2. The largest absolute Gasteiger partial charge is 0.373 e. The highest BCUT2D eigenvalue weighted by Gasteiger charge is 2.06. The summed E-state index contributed by atoms with van der Waals surface area (Å²) >= 11 is 0. The second kappa shape index (κ2) is 6.27. The zero-order valence-electron chi connectivity index (χ0n) is 12.7. The van der Waals surface area contributed by atoms with E-state index in [4.69, 9.17) is 0 Å². The molecule has 0 radical (unpaired) electrons. The Labute approximate surface area is 137 Å². The molecule has 0 spiro atoms. The zero-order valence-corrected chi connectivity index (χ0v) is 12.7. The lowest BCUT2D eigenvalue weighted by Gasteiger charge is -2.08. The van der Waals surface area contributed by atoms with Gasteiger partial charge < -0.3 is 10.6 Å². The van der Waals surface area contributed by atoms with Crippen molar-refractivity contribution in [2.24, 2.45) is 0 Å². The average molecular weight is 308 g/mol. The highest BCUT2D eigenvalue weighted by atomic mass is 16.1. The molecule has 0 fully saturated rings. The molecular weight excluding hydrogens is 288 g/mol. The lowest BCUT2D eigenvalue weighted by atomic mass is 10.0. The maximum atomic E-state index is 11.4. The summed E-state index contributed by atoms with van der Waals surface area (Å²) in [5, 5.41) is 6.79. The minimum absolute atomic E-state index is 0.